The lowest BCUT2D eigenvalue weighted by atomic mass is 10.1. The van der Waals surface area contributed by atoms with Crippen molar-refractivity contribution in [1.82, 2.24) is 0 Å². The quantitative estimate of drug-likeness (QED) is 0.703. The first-order valence-electron chi connectivity index (χ1n) is 8.40. The van der Waals surface area contributed by atoms with Crippen molar-refractivity contribution in [3.8, 4) is 5.75 Å². The van der Waals surface area contributed by atoms with Crippen LogP contribution in [0.5, 0.6) is 5.75 Å². The van der Waals surface area contributed by atoms with Gasteiger partial charge in [-0.05, 0) is 61.4 Å². The van der Waals surface area contributed by atoms with Crippen molar-refractivity contribution in [2.24, 2.45) is 0 Å². The van der Waals surface area contributed by atoms with Gasteiger partial charge in [-0.1, -0.05) is 12.1 Å². The molecule has 0 saturated heterocycles. The molecule has 3 aromatic rings. The van der Waals surface area contributed by atoms with Gasteiger partial charge < -0.3 is 19.8 Å². The van der Waals surface area contributed by atoms with Crippen molar-refractivity contribution in [3.63, 3.8) is 0 Å². The molecule has 27 heavy (non-hydrogen) atoms. The summed E-state index contributed by atoms with van der Waals surface area (Å²) in [4.78, 5) is 24.7. The number of carbonyl (C=O) groups is 2. The van der Waals surface area contributed by atoms with Gasteiger partial charge in [0.1, 0.15) is 5.75 Å². The lowest BCUT2D eigenvalue weighted by Gasteiger charge is -2.13. The molecule has 138 valence electrons. The first-order chi connectivity index (χ1) is 13.0. The smallest absolute Gasteiger partial charge is 0.291 e. The first-order valence-corrected chi connectivity index (χ1v) is 8.40. The van der Waals surface area contributed by atoms with Gasteiger partial charge >= 0.3 is 0 Å². The Labute approximate surface area is 157 Å². The molecule has 0 bridgehead atoms. The normalized spacial score (nSPS) is 10.3. The molecule has 0 saturated carbocycles. The summed E-state index contributed by atoms with van der Waals surface area (Å²) < 4.78 is 10.4. The van der Waals surface area contributed by atoms with E-state index < -0.39 is 0 Å². The van der Waals surface area contributed by atoms with Gasteiger partial charge in [-0.3, -0.25) is 9.59 Å². The van der Waals surface area contributed by atoms with Gasteiger partial charge in [-0.15, -0.1) is 0 Å². The Morgan fingerprint density at radius 1 is 0.926 bits per heavy atom. The zero-order valence-corrected chi connectivity index (χ0v) is 15.3. The van der Waals surface area contributed by atoms with Crippen LogP contribution in [0.15, 0.2) is 59.2 Å². The Balaban J connectivity index is 1.75. The third-order valence-electron chi connectivity index (χ3n) is 4.14. The molecule has 1 heterocycles. The fourth-order valence-corrected chi connectivity index (χ4v) is 2.77. The molecule has 0 spiro atoms. The summed E-state index contributed by atoms with van der Waals surface area (Å²) in [7, 11) is 1.54. The van der Waals surface area contributed by atoms with Crippen LogP contribution in [0, 0.1) is 13.8 Å². The molecular formula is C21H20N2O4. The summed E-state index contributed by atoms with van der Waals surface area (Å²) in [6, 6.07) is 13.9. The molecule has 2 N–H and O–H groups in total. The molecule has 3 rings (SSSR count). The lowest BCUT2D eigenvalue weighted by Crippen LogP contribution is -2.15. The minimum atomic E-state index is -0.329. The van der Waals surface area contributed by atoms with Crippen LogP contribution in [0.2, 0.25) is 0 Å². The number of hydrogen-bond acceptors (Lipinski definition) is 4. The number of carbonyl (C=O) groups excluding carboxylic acids is 2. The minimum absolute atomic E-state index is 0.235. The van der Waals surface area contributed by atoms with Crippen LogP contribution in [0.25, 0.3) is 0 Å². The highest BCUT2D eigenvalue weighted by atomic mass is 16.5. The maximum atomic E-state index is 12.6. The molecule has 0 aliphatic rings. The fraction of sp³-hybridized carbons (Fsp3) is 0.143. The molecule has 1 aromatic heterocycles. The van der Waals surface area contributed by atoms with Crippen LogP contribution in [0.1, 0.15) is 32.0 Å². The number of hydrogen-bond donors (Lipinski definition) is 2. The van der Waals surface area contributed by atoms with Gasteiger partial charge in [0.25, 0.3) is 11.8 Å². The minimum Gasteiger partial charge on any atom is -0.496 e. The standard InChI is InChI=1S/C21H20N2O4/c1-13-6-4-7-16(19(13)26-3)20(24)22-15-9-10-17(14(2)12-15)23-21(25)18-8-5-11-27-18/h4-12H,1-3H3,(H,22,24)(H,23,25). The summed E-state index contributed by atoms with van der Waals surface area (Å²) in [5.74, 6) is 0.194. The van der Waals surface area contributed by atoms with Crippen molar-refractivity contribution < 1.29 is 18.7 Å². The Hall–Kier alpha value is -3.54. The van der Waals surface area contributed by atoms with Gasteiger partial charge in [0.2, 0.25) is 0 Å². The number of benzene rings is 2. The van der Waals surface area contributed by atoms with Crippen LogP contribution < -0.4 is 15.4 Å². The molecule has 0 aliphatic carbocycles. The topological polar surface area (TPSA) is 80.6 Å². The number of rotatable bonds is 5. The van der Waals surface area contributed by atoms with Crippen molar-refractivity contribution >= 4 is 23.2 Å². The van der Waals surface area contributed by atoms with Crippen molar-refractivity contribution in [2.45, 2.75) is 13.8 Å². The van der Waals surface area contributed by atoms with Crippen molar-refractivity contribution in [2.75, 3.05) is 17.7 Å². The third kappa shape index (κ3) is 4.00. The Morgan fingerprint density at radius 3 is 2.41 bits per heavy atom. The Morgan fingerprint density at radius 2 is 1.74 bits per heavy atom. The van der Waals surface area contributed by atoms with Crippen LogP contribution in [-0.4, -0.2) is 18.9 Å². The summed E-state index contributed by atoms with van der Waals surface area (Å²) in [5, 5.41) is 5.64. The number of para-hydroxylation sites is 1. The number of furan rings is 1. The summed E-state index contributed by atoms with van der Waals surface area (Å²) in [6.07, 6.45) is 1.44. The Bertz CT molecular complexity index is 978. The van der Waals surface area contributed by atoms with E-state index in [0.29, 0.717) is 22.7 Å². The van der Waals surface area contributed by atoms with E-state index in [-0.39, 0.29) is 17.6 Å². The fourth-order valence-electron chi connectivity index (χ4n) is 2.77. The van der Waals surface area contributed by atoms with Crippen LogP contribution in [-0.2, 0) is 0 Å². The van der Waals surface area contributed by atoms with Gasteiger partial charge in [-0.25, -0.2) is 0 Å². The largest absolute Gasteiger partial charge is 0.496 e. The van der Waals surface area contributed by atoms with E-state index in [4.69, 9.17) is 9.15 Å². The van der Waals surface area contributed by atoms with Gasteiger partial charge in [0, 0.05) is 11.4 Å². The van der Waals surface area contributed by atoms with Crippen LogP contribution in [0.4, 0.5) is 11.4 Å². The van der Waals surface area contributed by atoms with Crippen LogP contribution >= 0.6 is 0 Å². The number of aryl methyl sites for hydroxylation is 2. The number of ether oxygens (including phenoxy) is 1. The van der Waals surface area contributed by atoms with E-state index in [1.165, 1.54) is 6.26 Å². The summed E-state index contributed by atoms with van der Waals surface area (Å²) >= 11 is 0. The maximum Gasteiger partial charge on any atom is 0.291 e. The molecule has 2 aromatic carbocycles. The lowest BCUT2D eigenvalue weighted by molar-refractivity contribution is 0.0994. The van der Waals surface area contributed by atoms with E-state index in [0.717, 1.165) is 11.1 Å². The zero-order valence-electron chi connectivity index (χ0n) is 15.3. The SMILES string of the molecule is COc1c(C)cccc1C(=O)Nc1ccc(NC(=O)c2ccco2)c(C)c1. The molecule has 0 unspecified atom stereocenters. The summed E-state index contributed by atoms with van der Waals surface area (Å²) in [6.45, 7) is 3.73. The van der Waals surface area contributed by atoms with E-state index >= 15 is 0 Å². The Kier molecular flexibility index (Phi) is 5.26. The number of nitrogens with one attached hydrogen (secondary N) is 2. The second kappa shape index (κ2) is 7.78. The highest BCUT2D eigenvalue weighted by Crippen LogP contribution is 2.25. The maximum absolute atomic E-state index is 12.6. The second-order valence-electron chi connectivity index (χ2n) is 6.07. The molecule has 0 atom stereocenters. The van der Waals surface area contributed by atoms with E-state index in [1.807, 2.05) is 26.0 Å². The number of methoxy groups -OCH3 is 1. The van der Waals surface area contributed by atoms with E-state index in [2.05, 4.69) is 10.6 Å². The molecule has 2 amide bonds. The third-order valence-corrected chi connectivity index (χ3v) is 4.14. The van der Waals surface area contributed by atoms with Gasteiger partial charge in [-0.2, -0.15) is 0 Å². The van der Waals surface area contributed by atoms with Gasteiger partial charge in [0.15, 0.2) is 5.76 Å². The molecule has 0 aliphatic heterocycles. The van der Waals surface area contributed by atoms with Crippen molar-refractivity contribution in [1.29, 1.82) is 0 Å². The molecule has 0 fully saturated rings. The predicted molar refractivity (Wildman–Crippen MR) is 104 cm³/mol. The van der Waals surface area contributed by atoms with Crippen molar-refractivity contribution in [3.05, 3.63) is 77.2 Å². The molecule has 0 radical (unpaired) electrons. The predicted octanol–water partition coefficient (Wildman–Crippen LogP) is 4.41. The zero-order chi connectivity index (χ0) is 19.4. The second-order valence-corrected chi connectivity index (χ2v) is 6.07. The number of anilines is 2. The van der Waals surface area contributed by atoms with Gasteiger partial charge in [0.05, 0.1) is 18.9 Å². The molecule has 6 heteroatoms. The summed E-state index contributed by atoms with van der Waals surface area (Å²) in [5.41, 5.74) is 3.42. The average molecular weight is 364 g/mol. The molecular weight excluding hydrogens is 344 g/mol. The first kappa shape index (κ1) is 18.3. The highest BCUT2D eigenvalue weighted by molar-refractivity contribution is 6.07. The van der Waals surface area contributed by atoms with Crippen LogP contribution in [0.3, 0.4) is 0 Å². The number of amides is 2. The van der Waals surface area contributed by atoms with E-state index in [1.54, 1.807) is 43.5 Å². The van der Waals surface area contributed by atoms with E-state index in [9.17, 15) is 9.59 Å². The highest BCUT2D eigenvalue weighted by Gasteiger charge is 2.15. The average Bonchev–Trinajstić information content (AvgIpc) is 3.18. The monoisotopic (exact) mass is 364 g/mol. The molecule has 6 nitrogen and oxygen atoms in total.